The molecule has 5 heteroatoms. The quantitative estimate of drug-likeness (QED) is 0.556. The molecule has 0 aliphatic carbocycles. The average molecular weight is 337 g/mol. The zero-order valence-corrected chi connectivity index (χ0v) is 14.2. The molecule has 1 aliphatic rings. The number of nitrogens with zero attached hydrogens (tertiary/aromatic N) is 3. The Balaban J connectivity index is 2.02. The van der Waals surface area contributed by atoms with Crippen LogP contribution in [0, 0.1) is 6.92 Å². The van der Waals surface area contributed by atoms with Gasteiger partial charge in [0.2, 0.25) is 0 Å². The van der Waals surface area contributed by atoms with Crippen molar-refractivity contribution in [1.29, 1.82) is 0 Å². The summed E-state index contributed by atoms with van der Waals surface area (Å²) in [6.07, 6.45) is 0. The Kier molecular flexibility index (Phi) is 3.62. The maximum atomic E-state index is 6.40. The highest BCUT2D eigenvalue weighted by Gasteiger charge is 2.29. The predicted octanol–water partition coefficient (Wildman–Crippen LogP) is 4.41. The van der Waals surface area contributed by atoms with Crippen molar-refractivity contribution in [1.82, 2.24) is 15.2 Å². The number of aromatic nitrogens is 2. The van der Waals surface area contributed by atoms with E-state index in [9.17, 15) is 0 Å². The van der Waals surface area contributed by atoms with Crippen molar-refractivity contribution < 1.29 is 0 Å². The Morgan fingerprint density at radius 2 is 1.71 bits per heavy atom. The predicted molar refractivity (Wildman–Crippen MR) is 97.7 cm³/mol. The van der Waals surface area contributed by atoms with Crippen LogP contribution in [0.25, 0.3) is 16.9 Å². The van der Waals surface area contributed by atoms with E-state index in [2.05, 4.69) is 53.8 Å². The lowest BCUT2D eigenvalue weighted by atomic mass is 10.0. The zero-order chi connectivity index (χ0) is 16.7. The highest BCUT2D eigenvalue weighted by molar-refractivity contribution is 6.22. The molecular formula is C19H17ClN4. The van der Waals surface area contributed by atoms with Crippen molar-refractivity contribution in [3.8, 4) is 16.9 Å². The first-order valence-electron chi connectivity index (χ1n) is 7.85. The Labute approximate surface area is 145 Å². The fraction of sp³-hybridized carbons (Fsp3) is 0.158. The summed E-state index contributed by atoms with van der Waals surface area (Å²) in [5.74, 6) is 0. The fourth-order valence-electron chi connectivity index (χ4n) is 2.98. The summed E-state index contributed by atoms with van der Waals surface area (Å²) in [4.78, 5) is 0. The number of halogens is 1. The molecule has 0 fully saturated rings. The smallest absolute Gasteiger partial charge is 0.162 e. The fourth-order valence-corrected chi connectivity index (χ4v) is 3.18. The normalized spacial score (nSPS) is 16.3. The molecule has 120 valence electrons. The van der Waals surface area contributed by atoms with Crippen molar-refractivity contribution in [2.45, 2.75) is 19.3 Å². The van der Waals surface area contributed by atoms with Gasteiger partial charge in [0.25, 0.3) is 0 Å². The number of hydrazone groups is 1. The van der Waals surface area contributed by atoms with Crippen LogP contribution in [0.5, 0.6) is 0 Å². The average Bonchev–Trinajstić information content (AvgIpc) is 3.01. The van der Waals surface area contributed by atoms with E-state index in [0.29, 0.717) is 0 Å². The van der Waals surface area contributed by atoms with Crippen molar-refractivity contribution in [3.05, 3.63) is 71.4 Å². The molecule has 3 aromatic rings. The van der Waals surface area contributed by atoms with Crippen LogP contribution in [-0.2, 0) is 0 Å². The minimum atomic E-state index is -0.433. The third-order valence-electron chi connectivity index (χ3n) is 4.19. The van der Waals surface area contributed by atoms with Gasteiger partial charge in [-0.25, -0.2) is 4.68 Å². The highest BCUT2D eigenvalue weighted by atomic mass is 35.5. The van der Waals surface area contributed by atoms with Crippen molar-refractivity contribution in [2.75, 3.05) is 0 Å². The summed E-state index contributed by atoms with van der Waals surface area (Å²) in [6, 6.07) is 18.5. The minimum absolute atomic E-state index is 0.433. The van der Waals surface area contributed by atoms with Gasteiger partial charge in [0, 0.05) is 5.56 Å². The van der Waals surface area contributed by atoms with Gasteiger partial charge in [0.15, 0.2) is 5.50 Å². The topological polar surface area (TPSA) is 42.2 Å². The van der Waals surface area contributed by atoms with Gasteiger partial charge >= 0.3 is 0 Å². The summed E-state index contributed by atoms with van der Waals surface area (Å²) in [6.45, 7) is 4.05. The van der Waals surface area contributed by atoms with Gasteiger partial charge in [-0.3, -0.25) is 5.43 Å². The number of hydrogen-bond donors (Lipinski definition) is 1. The monoisotopic (exact) mass is 336 g/mol. The number of alkyl halides is 1. The van der Waals surface area contributed by atoms with E-state index in [1.807, 2.05) is 29.8 Å². The molecule has 1 atom stereocenters. The number of aryl methyl sites for hydroxylation is 1. The van der Waals surface area contributed by atoms with Gasteiger partial charge in [-0.05, 0) is 26.0 Å². The largest absolute Gasteiger partial charge is 0.286 e. The third kappa shape index (κ3) is 2.39. The van der Waals surface area contributed by atoms with Crippen LogP contribution in [0.2, 0.25) is 0 Å². The molecule has 4 nitrogen and oxygen atoms in total. The van der Waals surface area contributed by atoms with E-state index in [0.717, 1.165) is 33.9 Å². The molecule has 1 N–H and O–H groups in total. The Morgan fingerprint density at radius 3 is 2.42 bits per heavy atom. The van der Waals surface area contributed by atoms with Gasteiger partial charge in [0.1, 0.15) is 5.69 Å². The van der Waals surface area contributed by atoms with Crippen molar-refractivity contribution >= 4 is 17.3 Å². The van der Waals surface area contributed by atoms with E-state index in [4.69, 9.17) is 16.7 Å². The molecule has 0 saturated heterocycles. The van der Waals surface area contributed by atoms with Crippen molar-refractivity contribution in [2.24, 2.45) is 5.10 Å². The molecule has 0 radical (unpaired) electrons. The van der Waals surface area contributed by atoms with E-state index in [-0.39, 0.29) is 0 Å². The second-order valence-corrected chi connectivity index (χ2v) is 6.35. The molecule has 2 aromatic carbocycles. The number of hydrogen-bond acceptors (Lipinski definition) is 3. The standard InChI is InChI=1S/C19H17ClN4/c1-12-8-10-15(11-9-12)24-18(14-6-4-3-5-7-14)16-13(2)21-22-19(20)17(16)23-24/h3-11,19,22H,1-2H3. The molecule has 0 saturated carbocycles. The Morgan fingerprint density at radius 1 is 1.00 bits per heavy atom. The third-order valence-corrected chi connectivity index (χ3v) is 4.49. The molecule has 4 rings (SSSR count). The van der Waals surface area contributed by atoms with Crippen LogP contribution in [-0.4, -0.2) is 15.5 Å². The summed E-state index contributed by atoms with van der Waals surface area (Å²) in [7, 11) is 0. The first-order chi connectivity index (χ1) is 11.6. The zero-order valence-electron chi connectivity index (χ0n) is 13.5. The van der Waals surface area contributed by atoms with Gasteiger partial charge in [0.05, 0.1) is 22.7 Å². The van der Waals surface area contributed by atoms with Crippen molar-refractivity contribution in [3.63, 3.8) is 0 Å². The van der Waals surface area contributed by atoms with Gasteiger partial charge in [-0.2, -0.15) is 10.2 Å². The summed E-state index contributed by atoms with van der Waals surface area (Å²) in [5.41, 5.74) is 9.51. The van der Waals surface area contributed by atoms with Gasteiger partial charge in [-0.1, -0.05) is 59.6 Å². The summed E-state index contributed by atoms with van der Waals surface area (Å²) < 4.78 is 1.96. The molecular weight excluding hydrogens is 320 g/mol. The second-order valence-electron chi connectivity index (χ2n) is 5.91. The first kappa shape index (κ1) is 15.0. The molecule has 0 spiro atoms. The summed E-state index contributed by atoms with van der Waals surface area (Å²) in [5, 5.41) is 9.14. The van der Waals surface area contributed by atoms with Gasteiger partial charge in [-0.15, -0.1) is 0 Å². The van der Waals surface area contributed by atoms with Crippen LogP contribution in [0.3, 0.4) is 0 Å². The van der Waals surface area contributed by atoms with Crippen LogP contribution in [0.15, 0.2) is 59.7 Å². The van der Waals surface area contributed by atoms with E-state index >= 15 is 0 Å². The van der Waals surface area contributed by atoms with Crippen LogP contribution >= 0.6 is 11.6 Å². The number of rotatable bonds is 2. The van der Waals surface area contributed by atoms with E-state index < -0.39 is 5.50 Å². The molecule has 0 amide bonds. The lowest BCUT2D eigenvalue weighted by molar-refractivity contribution is 0.672. The first-order valence-corrected chi connectivity index (χ1v) is 8.28. The lowest BCUT2D eigenvalue weighted by Crippen LogP contribution is -2.20. The molecule has 1 aromatic heterocycles. The Hall–Kier alpha value is -2.59. The number of fused-ring (bicyclic) bond motifs is 1. The molecule has 24 heavy (non-hydrogen) atoms. The SMILES string of the molecule is CC1=NNC(Cl)c2nn(-c3ccc(C)cc3)c(-c3ccccc3)c21. The minimum Gasteiger partial charge on any atom is -0.286 e. The van der Waals surface area contributed by atoms with Crippen LogP contribution in [0.1, 0.15) is 29.2 Å². The lowest BCUT2D eigenvalue weighted by Gasteiger charge is -2.16. The van der Waals surface area contributed by atoms with E-state index in [1.165, 1.54) is 5.56 Å². The molecule has 2 heterocycles. The molecule has 1 unspecified atom stereocenters. The maximum absolute atomic E-state index is 6.40. The van der Waals surface area contributed by atoms with Gasteiger partial charge < -0.3 is 0 Å². The van der Waals surface area contributed by atoms with Crippen LogP contribution in [0.4, 0.5) is 0 Å². The van der Waals surface area contributed by atoms with Crippen LogP contribution < -0.4 is 5.43 Å². The summed E-state index contributed by atoms with van der Waals surface area (Å²) >= 11 is 6.40. The number of nitrogens with one attached hydrogen (secondary N) is 1. The second kappa shape index (κ2) is 5.80. The van der Waals surface area contributed by atoms with E-state index in [1.54, 1.807) is 0 Å². The molecule has 1 aliphatic heterocycles. The number of benzene rings is 2. The highest BCUT2D eigenvalue weighted by Crippen LogP contribution is 2.35. The Bertz CT molecular complexity index is 911. The maximum Gasteiger partial charge on any atom is 0.162 e. The molecule has 0 bridgehead atoms.